The Morgan fingerprint density at radius 3 is 2.62 bits per heavy atom. The maximum Gasteiger partial charge on any atom is 0.196 e. The fraction of sp³-hybridized carbons (Fsp3) is 0.429. The number of nitrogens with two attached hydrogens (primary N) is 1. The Labute approximate surface area is 126 Å². The number of amidine groups is 1. The third-order valence-corrected chi connectivity index (χ3v) is 4.70. The monoisotopic (exact) mass is 300 g/mol. The summed E-state index contributed by atoms with van der Waals surface area (Å²) in [5.74, 6) is 1.77. The Bertz CT molecular complexity index is 684. The van der Waals surface area contributed by atoms with E-state index >= 15 is 0 Å². The summed E-state index contributed by atoms with van der Waals surface area (Å²) < 4.78 is 2.32. The Kier molecular flexibility index (Phi) is 2.95. The molecule has 0 amide bonds. The molecule has 4 rings (SSSR count). The minimum absolute atomic E-state index is 0.0104. The molecule has 2 aliphatic carbocycles. The molecule has 21 heavy (non-hydrogen) atoms. The van der Waals surface area contributed by atoms with Gasteiger partial charge >= 0.3 is 0 Å². The van der Waals surface area contributed by atoms with Crippen molar-refractivity contribution in [2.24, 2.45) is 5.73 Å². The average molecular weight is 300 g/mol. The van der Waals surface area contributed by atoms with E-state index in [0.29, 0.717) is 17.7 Å². The van der Waals surface area contributed by atoms with Gasteiger partial charge in [-0.25, -0.2) is 0 Å². The highest BCUT2D eigenvalue weighted by molar-refractivity contribution is 7.99. The number of rotatable bonds is 5. The number of hydrogen-bond donors (Lipinski definition) is 2. The molecule has 2 heterocycles. The van der Waals surface area contributed by atoms with Crippen LogP contribution in [0.15, 0.2) is 28.4 Å². The molecule has 6 nitrogen and oxygen atoms in total. The Hall–Kier alpha value is -1.89. The van der Waals surface area contributed by atoms with E-state index in [1.54, 1.807) is 24.0 Å². The van der Waals surface area contributed by atoms with Crippen LogP contribution in [0.3, 0.4) is 0 Å². The topological polar surface area (TPSA) is 93.5 Å². The smallest absolute Gasteiger partial charge is 0.196 e. The normalized spacial score (nSPS) is 17.9. The highest BCUT2D eigenvalue weighted by Crippen LogP contribution is 2.46. The van der Waals surface area contributed by atoms with Crippen molar-refractivity contribution in [2.45, 2.75) is 47.7 Å². The van der Waals surface area contributed by atoms with Gasteiger partial charge in [-0.05, 0) is 49.6 Å². The van der Waals surface area contributed by atoms with Gasteiger partial charge in [0.1, 0.15) is 17.4 Å². The zero-order valence-corrected chi connectivity index (χ0v) is 12.3. The van der Waals surface area contributed by atoms with Crippen molar-refractivity contribution < 1.29 is 0 Å². The fourth-order valence-electron chi connectivity index (χ4n) is 2.36. The molecule has 0 spiro atoms. The molecule has 0 atom stereocenters. The van der Waals surface area contributed by atoms with E-state index in [0.717, 1.165) is 15.9 Å². The van der Waals surface area contributed by atoms with Crippen molar-refractivity contribution in [2.75, 3.05) is 0 Å². The first-order chi connectivity index (χ1) is 10.2. The third-order valence-electron chi connectivity index (χ3n) is 3.77. The minimum atomic E-state index is -0.0104. The lowest BCUT2D eigenvalue weighted by Gasteiger charge is -2.08. The molecule has 2 saturated carbocycles. The lowest BCUT2D eigenvalue weighted by atomic mass is 10.3. The highest BCUT2D eigenvalue weighted by atomic mass is 32.2. The van der Waals surface area contributed by atoms with Gasteiger partial charge in [0, 0.05) is 23.1 Å². The second kappa shape index (κ2) is 4.84. The van der Waals surface area contributed by atoms with E-state index in [-0.39, 0.29) is 5.84 Å². The van der Waals surface area contributed by atoms with Crippen LogP contribution in [0.5, 0.6) is 0 Å². The zero-order valence-electron chi connectivity index (χ0n) is 11.5. The van der Waals surface area contributed by atoms with Gasteiger partial charge in [-0.15, -0.1) is 10.2 Å². The first kappa shape index (κ1) is 12.8. The van der Waals surface area contributed by atoms with Crippen molar-refractivity contribution in [1.29, 1.82) is 5.41 Å². The lowest BCUT2D eigenvalue weighted by molar-refractivity contribution is 0.627. The molecule has 0 aromatic carbocycles. The van der Waals surface area contributed by atoms with Crippen LogP contribution in [-0.2, 0) is 0 Å². The van der Waals surface area contributed by atoms with Crippen LogP contribution in [0.25, 0.3) is 0 Å². The van der Waals surface area contributed by atoms with Crippen molar-refractivity contribution >= 4 is 17.6 Å². The average Bonchev–Trinajstić information content (AvgIpc) is 3.39. The molecule has 0 saturated heterocycles. The first-order valence-corrected chi connectivity index (χ1v) is 7.97. The Balaban J connectivity index is 1.60. The summed E-state index contributed by atoms with van der Waals surface area (Å²) in [6, 6.07) is 4.28. The van der Waals surface area contributed by atoms with E-state index in [1.165, 1.54) is 25.7 Å². The quantitative estimate of drug-likeness (QED) is 0.653. The number of nitrogen functional groups attached to an aromatic ring is 1. The summed E-state index contributed by atoms with van der Waals surface area (Å²) in [5, 5.41) is 17.1. The predicted molar refractivity (Wildman–Crippen MR) is 79.6 cm³/mol. The summed E-state index contributed by atoms with van der Waals surface area (Å²) in [6.07, 6.45) is 6.68. The van der Waals surface area contributed by atoms with Crippen molar-refractivity contribution in [3.8, 4) is 0 Å². The predicted octanol–water partition coefficient (Wildman–Crippen LogP) is 2.32. The molecule has 0 aliphatic heterocycles. The lowest BCUT2D eigenvalue weighted by Crippen LogP contribution is -2.12. The summed E-state index contributed by atoms with van der Waals surface area (Å²) in [5.41, 5.74) is 5.92. The molecule has 2 aromatic rings. The molecular formula is C14H16N6S. The summed E-state index contributed by atoms with van der Waals surface area (Å²) in [7, 11) is 0. The van der Waals surface area contributed by atoms with Gasteiger partial charge in [-0.1, -0.05) is 0 Å². The molecule has 2 fully saturated rings. The van der Waals surface area contributed by atoms with Crippen LogP contribution in [0.1, 0.15) is 49.2 Å². The number of pyridine rings is 1. The van der Waals surface area contributed by atoms with Gasteiger partial charge < -0.3 is 10.3 Å². The molecular weight excluding hydrogens is 284 g/mol. The zero-order chi connectivity index (χ0) is 14.4. The van der Waals surface area contributed by atoms with Crippen LogP contribution in [-0.4, -0.2) is 25.6 Å². The number of aromatic nitrogens is 4. The van der Waals surface area contributed by atoms with Gasteiger partial charge in [-0.3, -0.25) is 10.4 Å². The number of nitrogens with one attached hydrogen (secondary N) is 1. The SMILES string of the molecule is N=C(N)c1ccc(Sc2nnc(C3CC3)n2C2CC2)cn1. The molecule has 0 unspecified atom stereocenters. The van der Waals surface area contributed by atoms with E-state index in [9.17, 15) is 0 Å². The maximum absolute atomic E-state index is 7.37. The Morgan fingerprint density at radius 1 is 1.24 bits per heavy atom. The van der Waals surface area contributed by atoms with Crippen LogP contribution in [0.2, 0.25) is 0 Å². The van der Waals surface area contributed by atoms with Gasteiger partial charge in [0.15, 0.2) is 5.16 Å². The molecule has 2 aliphatic rings. The van der Waals surface area contributed by atoms with Gasteiger partial charge in [0.2, 0.25) is 0 Å². The molecule has 3 N–H and O–H groups in total. The van der Waals surface area contributed by atoms with Crippen molar-refractivity contribution in [1.82, 2.24) is 19.7 Å². The summed E-state index contributed by atoms with van der Waals surface area (Å²) >= 11 is 1.58. The van der Waals surface area contributed by atoms with Crippen LogP contribution >= 0.6 is 11.8 Å². The van der Waals surface area contributed by atoms with Crippen molar-refractivity contribution in [3.63, 3.8) is 0 Å². The van der Waals surface area contributed by atoms with Crippen molar-refractivity contribution in [3.05, 3.63) is 29.8 Å². The second-order valence-corrected chi connectivity index (χ2v) is 6.65. The summed E-state index contributed by atoms with van der Waals surface area (Å²) in [6.45, 7) is 0. The van der Waals surface area contributed by atoms with Crippen LogP contribution in [0, 0.1) is 5.41 Å². The highest BCUT2D eigenvalue weighted by Gasteiger charge is 2.36. The third kappa shape index (κ3) is 2.53. The Morgan fingerprint density at radius 2 is 2.05 bits per heavy atom. The largest absolute Gasteiger partial charge is 0.382 e. The first-order valence-electron chi connectivity index (χ1n) is 7.15. The summed E-state index contributed by atoms with van der Waals surface area (Å²) in [4.78, 5) is 5.19. The second-order valence-electron chi connectivity index (χ2n) is 5.61. The molecule has 7 heteroatoms. The molecule has 0 bridgehead atoms. The van der Waals surface area contributed by atoms with E-state index in [2.05, 4.69) is 19.7 Å². The van der Waals surface area contributed by atoms with Crippen LogP contribution in [0.4, 0.5) is 0 Å². The molecule has 0 radical (unpaired) electrons. The molecule has 2 aromatic heterocycles. The van der Waals surface area contributed by atoms with Gasteiger partial charge in [0.25, 0.3) is 0 Å². The van der Waals surface area contributed by atoms with E-state index in [1.807, 2.05) is 6.07 Å². The fourth-order valence-corrected chi connectivity index (χ4v) is 3.23. The minimum Gasteiger partial charge on any atom is -0.382 e. The standard InChI is InChI=1S/C14H16N6S/c15-12(16)11-6-5-10(7-17-11)21-14-19-18-13(8-1-2-8)20(14)9-3-4-9/h5-9H,1-4H2,(H3,15,16). The number of hydrogen-bond acceptors (Lipinski definition) is 5. The molecule has 108 valence electrons. The van der Waals surface area contributed by atoms with Gasteiger partial charge in [0.05, 0.1) is 0 Å². The number of nitrogens with zero attached hydrogens (tertiary/aromatic N) is 4. The maximum atomic E-state index is 7.37. The van der Waals surface area contributed by atoms with Crippen LogP contribution < -0.4 is 5.73 Å². The van der Waals surface area contributed by atoms with E-state index in [4.69, 9.17) is 11.1 Å². The van der Waals surface area contributed by atoms with Gasteiger partial charge in [-0.2, -0.15) is 0 Å². The van der Waals surface area contributed by atoms with E-state index < -0.39 is 0 Å².